The molecule has 3 N–H and O–H groups in total. The summed E-state index contributed by atoms with van der Waals surface area (Å²) in [6, 6.07) is 7.75. The molecule has 0 aliphatic rings. The Kier molecular flexibility index (Phi) is 4.46. The molecule has 2 aromatic rings. The van der Waals surface area contributed by atoms with Crippen molar-refractivity contribution in [3.63, 3.8) is 0 Å². The maximum atomic E-state index is 12.6. The lowest BCUT2D eigenvalue weighted by atomic mass is 10.1. The molecule has 2 rings (SSSR count). The van der Waals surface area contributed by atoms with Gasteiger partial charge in [0.05, 0.1) is 0 Å². The van der Waals surface area contributed by atoms with Crippen LogP contribution in [-0.2, 0) is 23.1 Å². The third-order valence-electron chi connectivity index (χ3n) is 3.38. The van der Waals surface area contributed by atoms with Gasteiger partial charge in [0.15, 0.2) is 5.03 Å². The van der Waals surface area contributed by atoms with Gasteiger partial charge in [-0.25, -0.2) is 8.42 Å². The normalized spacial score (nSPS) is 12.0. The summed E-state index contributed by atoms with van der Waals surface area (Å²) in [7, 11) is -2.12. The van der Waals surface area contributed by atoms with Crippen LogP contribution in [0.4, 0.5) is 0 Å². The average Bonchev–Trinajstić information content (AvgIpc) is 2.80. The molecular weight excluding hydrogens is 288 g/mol. The number of H-pyrrole nitrogens is 1. The van der Waals surface area contributed by atoms with E-state index in [4.69, 9.17) is 5.73 Å². The van der Waals surface area contributed by atoms with Crippen molar-refractivity contribution in [1.82, 2.24) is 14.5 Å². The first kappa shape index (κ1) is 15.7. The molecule has 0 radical (unpaired) electrons. The average molecular weight is 308 g/mol. The minimum absolute atomic E-state index is 0.0117. The van der Waals surface area contributed by atoms with Crippen LogP contribution in [0.2, 0.25) is 0 Å². The summed E-state index contributed by atoms with van der Waals surface area (Å²) in [5.74, 6) is 0. The van der Waals surface area contributed by atoms with Crippen molar-refractivity contribution < 1.29 is 8.42 Å². The second-order valence-corrected chi connectivity index (χ2v) is 7.05. The molecule has 0 saturated carbocycles. The Morgan fingerprint density at radius 1 is 1.33 bits per heavy atom. The minimum Gasteiger partial charge on any atom is -0.326 e. The third kappa shape index (κ3) is 3.15. The Hall–Kier alpha value is -1.70. The molecule has 1 aromatic carbocycles. The molecule has 114 valence electrons. The molecule has 7 heteroatoms. The Balaban J connectivity index is 2.30. The molecule has 0 unspecified atom stereocenters. The van der Waals surface area contributed by atoms with Crippen LogP contribution in [0.3, 0.4) is 0 Å². The van der Waals surface area contributed by atoms with E-state index in [0.29, 0.717) is 17.8 Å². The van der Waals surface area contributed by atoms with Gasteiger partial charge in [0.2, 0.25) is 0 Å². The molecule has 1 heterocycles. The van der Waals surface area contributed by atoms with E-state index < -0.39 is 10.0 Å². The highest BCUT2D eigenvalue weighted by Crippen LogP contribution is 2.20. The fourth-order valence-corrected chi connectivity index (χ4v) is 3.51. The molecule has 1 aromatic heterocycles. The van der Waals surface area contributed by atoms with E-state index in [9.17, 15) is 8.42 Å². The molecule has 21 heavy (non-hydrogen) atoms. The van der Waals surface area contributed by atoms with E-state index in [2.05, 4.69) is 10.2 Å². The largest absolute Gasteiger partial charge is 0.326 e. The molecule has 0 aliphatic heterocycles. The van der Waals surface area contributed by atoms with Crippen LogP contribution in [0.1, 0.15) is 22.4 Å². The van der Waals surface area contributed by atoms with Gasteiger partial charge in [-0.15, -0.1) is 0 Å². The Morgan fingerprint density at radius 3 is 2.67 bits per heavy atom. The maximum absolute atomic E-state index is 12.6. The first-order valence-corrected chi connectivity index (χ1v) is 8.06. The van der Waals surface area contributed by atoms with Crippen molar-refractivity contribution in [3.05, 3.63) is 46.6 Å². The van der Waals surface area contributed by atoms with E-state index in [-0.39, 0.29) is 11.6 Å². The standard InChI is InChI=1S/C14H20N4O2S/c1-10-5-4-6-12(7-10)9-18(3)21(19,20)14-13(8-15)11(2)16-17-14/h4-7H,8-9,15H2,1-3H3,(H,16,17). The van der Waals surface area contributed by atoms with Gasteiger partial charge in [-0.05, 0) is 19.4 Å². The monoisotopic (exact) mass is 308 g/mol. The fraction of sp³-hybridized carbons (Fsp3) is 0.357. The van der Waals surface area contributed by atoms with Crippen LogP contribution >= 0.6 is 0 Å². The molecule has 0 bridgehead atoms. The van der Waals surface area contributed by atoms with Crippen LogP contribution in [-0.4, -0.2) is 30.0 Å². The zero-order chi connectivity index (χ0) is 15.6. The number of sulfonamides is 1. The first-order chi connectivity index (χ1) is 9.86. The van der Waals surface area contributed by atoms with Crippen LogP contribution < -0.4 is 5.73 Å². The highest BCUT2D eigenvalue weighted by molar-refractivity contribution is 7.89. The van der Waals surface area contributed by atoms with E-state index in [0.717, 1.165) is 11.1 Å². The number of aromatic nitrogens is 2. The number of benzene rings is 1. The van der Waals surface area contributed by atoms with Crippen LogP contribution in [0.5, 0.6) is 0 Å². The number of rotatable bonds is 5. The molecule has 0 fully saturated rings. The second kappa shape index (κ2) is 5.97. The molecule has 0 amide bonds. The number of nitrogens with zero attached hydrogens (tertiary/aromatic N) is 2. The number of aromatic amines is 1. The van der Waals surface area contributed by atoms with Crippen molar-refractivity contribution in [2.75, 3.05) is 7.05 Å². The Morgan fingerprint density at radius 2 is 2.05 bits per heavy atom. The van der Waals surface area contributed by atoms with Gasteiger partial charge in [0, 0.05) is 31.4 Å². The number of aryl methyl sites for hydroxylation is 2. The minimum atomic E-state index is -3.66. The summed E-state index contributed by atoms with van der Waals surface area (Å²) in [5, 5.41) is 6.60. The Labute approximate surface area is 125 Å². The van der Waals surface area contributed by atoms with Crippen molar-refractivity contribution in [2.24, 2.45) is 5.73 Å². The summed E-state index contributed by atoms with van der Waals surface area (Å²) in [4.78, 5) is 0. The van der Waals surface area contributed by atoms with Gasteiger partial charge in [-0.3, -0.25) is 5.10 Å². The lowest BCUT2D eigenvalue weighted by Gasteiger charge is -2.17. The van der Waals surface area contributed by atoms with E-state index >= 15 is 0 Å². The lowest BCUT2D eigenvalue weighted by Crippen LogP contribution is -2.28. The van der Waals surface area contributed by atoms with E-state index in [1.807, 2.05) is 31.2 Å². The van der Waals surface area contributed by atoms with Crippen LogP contribution in [0.25, 0.3) is 0 Å². The second-order valence-electron chi connectivity index (χ2n) is 5.09. The van der Waals surface area contributed by atoms with Crippen molar-refractivity contribution in [2.45, 2.75) is 32.0 Å². The van der Waals surface area contributed by atoms with Crippen molar-refractivity contribution >= 4 is 10.0 Å². The highest BCUT2D eigenvalue weighted by atomic mass is 32.2. The van der Waals surface area contributed by atoms with Crippen molar-refractivity contribution in [3.8, 4) is 0 Å². The summed E-state index contributed by atoms with van der Waals surface area (Å²) < 4.78 is 26.5. The molecule has 0 aliphatic carbocycles. The summed E-state index contributed by atoms with van der Waals surface area (Å²) in [6.07, 6.45) is 0. The lowest BCUT2D eigenvalue weighted by molar-refractivity contribution is 0.462. The van der Waals surface area contributed by atoms with Gasteiger partial charge in [0.25, 0.3) is 10.0 Å². The first-order valence-electron chi connectivity index (χ1n) is 6.62. The smallest absolute Gasteiger partial charge is 0.262 e. The van der Waals surface area contributed by atoms with Gasteiger partial charge < -0.3 is 5.73 Å². The number of hydrogen-bond acceptors (Lipinski definition) is 4. The van der Waals surface area contributed by atoms with E-state index in [1.165, 1.54) is 4.31 Å². The molecule has 0 atom stereocenters. The number of hydrogen-bond donors (Lipinski definition) is 2. The van der Waals surface area contributed by atoms with Crippen LogP contribution in [0, 0.1) is 13.8 Å². The van der Waals surface area contributed by atoms with Gasteiger partial charge in [-0.1, -0.05) is 29.8 Å². The summed E-state index contributed by atoms with van der Waals surface area (Å²) in [5.41, 5.74) is 8.86. The predicted octanol–water partition coefficient (Wildman–Crippen LogP) is 1.31. The van der Waals surface area contributed by atoms with Gasteiger partial charge >= 0.3 is 0 Å². The highest BCUT2D eigenvalue weighted by Gasteiger charge is 2.27. The van der Waals surface area contributed by atoms with E-state index in [1.54, 1.807) is 14.0 Å². The Bertz CT molecular complexity index is 737. The molecule has 0 spiro atoms. The topological polar surface area (TPSA) is 92.1 Å². The zero-order valence-corrected chi connectivity index (χ0v) is 13.2. The van der Waals surface area contributed by atoms with Crippen LogP contribution in [0.15, 0.2) is 29.3 Å². The molecule has 0 saturated heterocycles. The fourth-order valence-electron chi connectivity index (χ4n) is 2.18. The SMILES string of the molecule is Cc1cccc(CN(C)S(=O)(=O)c2n[nH]c(C)c2CN)c1. The van der Waals surface area contributed by atoms with Gasteiger partial charge in [0.1, 0.15) is 0 Å². The maximum Gasteiger partial charge on any atom is 0.262 e. The van der Waals surface area contributed by atoms with Crippen molar-refractivity contribution in [1.29, 1.82) is 0 Å². The quantitative estimate of drug-likeness (QED) is 0.871. The predicted molar refractivity (Wildman–Crippen MR) is 81.0 cm³/mol. The van der Waals surface area contributed by atoms with Gasteiger partial charge in [-0.2, -0.15) is 9.40 Å². The summed E-state index contributed by atoms with van der Waals surface area (Å²) in [6.45, 7) is 4.16. The zero-order valence-electron chi connectivity index (χ0n) is 12.4. The summed E-state index contributed by atoms with van der Waals surface area (Å²) >= 11 is 0. The number of nitrogens with two attached hydrogens (primary N) is 1. The number of nitrogens with one attached hydrogen (secondary N) is 1. The third-order valence-corrected chi connectivity index (χ3v) is 5.16. The molecular formula is C14H20N4O2S. The molecule has 6 nitrogen and oxygen atoms in total.